The lowest BCUT2D eigenvalue weighted by Gasteiger charge is -2.15. The van der Waals surface area contributed by atoms with Gasteiger partial charge in [0.1, 0.15) is 0 Å². The molecule has 21 heavy (non-hydrogen) atoms. The molecule has 0 fully saturated rings. The van der Waals surface area contributed by atoms with E-state index >= 15 is 0 Å². The third-order valence-corrected chi connectivity index (χ3v) is 3.67. The first-order valence-corrected chi connectivity index (χ1v) is 7.29. The first-order chi connectivity index (χ1) is 10.2. The minimum Gasteiger partial charge on any atom is -0.478 e. The number of fused-ring (bicyclic) bond motifs is 1. The number of benzene rings is 1. The van der Waals surface area contributed by atoms with Crippen molar-refractivity contribution < 1.29 is 4.74 Å². The van der Waals surface area contributed by atoms with Crippen LogP contribution in [-0.4, -0.2) is 16.6 Å². The van der Waals surface area contributed by atoms with Crippen LogP contribution in [0.2, 0.25) is 0 Å². The Morgan fingerprint density at radius 1 is 1.33 bits per heavy atom. The molecule has 1 aromatic carbocycles. The number of hydrogen-bond donors (Lipinski definition) is 2. The monoisotopic (exact) mass is 284 g/mol. The Morgan fingerprint density at radius 2 is 2.19 bits per heavy atom. The molecule has 1 aliphatic rings. The zero-order chi connectivity index (χ0) is 14.8. The predicted octanol–water partition coefficient (Wildman–Crippen LogP) is 2.87. The van der Waals surface area contributed by atoms with Gasteiger partial charge in [-0.2, -0.15) is 4.98 Å². The number of nitrogens with one attached hydrogen (secondary N) is 1. The molecule has 1 unspecified atom stereocenters. The van der Waals surface area contributed by atoms with Crippen LogP contribution in [0.5, 0.6) is 5.88 Å². The van der Waals surface area contributed by atoms with Gasteiger partial charge in [0, 0.05) is 17.4 Å². The number of rotatable bonds is 4. The van der Waals surface area contributed by atoms with E-state index < -0.39 is 0 Å². The third-order valence-electron chi connectivity index (χ3n) is 3.67. The van der Waals surface area contributed by atoms with Gasteiger partial charge >= 0.3 is 0 Å². The van der Waals surface area contributed by atoms with Gasteiger partial charge in [-0.05, 0) is 49.9 Å². The molecule has 1 aromatic heterocycles. The fourth-order valence-electron chi connectivity index (χ4n) is 2.77. The normalized spacial score (nSPS) is 16.6. The van der Waals surface area contributed by atoms with E-state index in [1.807, 2.05) is 26.0 Å². The number of nitrogens with zero attached hydrogens (tertiary/aromatic N) is 2. The Hall–Kier alpha value is -2.30. The van der Waals surface area contributed by atoms with Crippen molar-refractivity contribution >= 4 is 11.6 Å². The SMILES string of the molecule is CCOc1cc(C)nc(NC2CCc3cc(N)ccc32)n1. The van der Waals surface area contributed by atoms with E-state index in [0.717, 1.165) is 24.2 Å². The Labute approximate surface area is 124 Å². The van der Waals surface area contributed by atoms with Gasteiger partial charge in [0.05, 0.1) is 12.6 Å². The van der Waals surface area contributed by atoms with E-state index in [4.69, 9.17) is 10.5 Å². The highest BCUT2D eigenvalue weighted by Crippen LogP contribution is 2.34. The van der Waals surface area contributed by atoms with Crippen LogP contribution in [0.1, 0.15) is 36.2 Å². The molecule has 5 heteroatoms. The van der Waals surface area contributed by atoms with Crippen molar-refractivity contribution in [1.29, 1.82) is 0 Å². The molecule has 0 saturated carbocycles. The predicted molar refractivity (Wildman–Crippen MR) is 83.5 cm³/mol. The lowest BCUT2D eigenvalue weighted by molar-refractivity contribution is 0.326. The van der Waals surface area contributed by atoms with Crippen LogP contribution in [0.25, 0.3) is 0 Å². The van der Waals surface area contributed by atoms with Gasteiger partial charge < -0.3 is 15.8 Å². The molecule has 2 aromatic rings. The minimum atomic E-state index is 0.233. The summed E-state index contributed by atoms with van der Waals surface area (Å²) in [6.07, 6.45) is 2.06. The van der Waals surface area contributed by atoms with Crippen molar-refractivity contribution in [3.63, 3.8) is 0 Å². The summed E-state index contributed by atoms with van der Waals surface area (Å²) in [5.74, 6) is 1.23. The van der Waals surface area contributed by atoms with Crippen molar-refractivity contribution in [1.82, 2.24) is 9.97 Å². The second kappa shape index (κ2) is 5.60. The van der Waals surface area contributed by atoms with Crippen LogP contribution in [-0.2, 0) is 6.42 Å². The summed E-state index contributed by atoms with van der Waals surface area (Å²) >= 11 is 0. The van der Waals surface area contributed by atoms with Crippen molar-refractivity contribution in [3.8, 4) is 5.88 Å². The summed E-state index contributed by atoms with van der Waals surface area (Å²) in [6.45, 7) is 4.49. The highest BCUT2D eigenvalue weighted by atomic mass is 16.5. The van der Waals surface area contributed by atoms with E-state index in [-0.39, 0.29) is 6.04 Å². The molecule has 1 aliphatic carbocycles. The number of nitrogens with two attached hydrogens (primary N) is 1. The van der Waals surface area contributed by atoms with Crippen molar-refractivity contribution in [2.45, 2.75) is 32.7 Å². The molecule has 0 bridgehead atoms. The van der Waals surface area contributed by atoms with Gasteiger partial charge in [0.25, 0.3) is 0 Å². The maximum Gasteiger partial charge on any atom is 0.226 e. The van der Waals surface area contributed by atoms with Crippen LogP contribution in [0.3, 0.4) is 0 Å². The van der Waals surface area contributed by atoms with Gasteiger partial charge in [-0.15, -0.1) is 0 Å². The van der Waals surface area contributed by atoms with Gasteiger partial charge in [-0.3, -0.25) is 0 Å². The summed E-state index contributed by atoms with van der Waals surface area (Å²) in [6, 6.07) is 8.17. The second-order valence-corrected chi connectivity index (χ2v) is 5.30. The van der Waals surface area contributed by atoms with Gasteiger partial charge in [-0.25, -0.2) is 4.98 Å². The number of nitrogen functional groups attached to an aromatic ring is 1. The van der Waals surface area contributed by atoms with E-state index in [1.165, 1.54) is 11.1 Å². The Kier molecular flexibility index (Phi) is 3.64. The Bertz CT molecular complexity index is 657. The molecule has 3 rings (SSSR count). The lowest BCUT2D eigenvalue weighted by atomic mass is 10.1. The molecule has 0 spiro atoms. The van der Waals surface area contributed by atoms with Crippen molar-refractivity contribution in [2.75, 3.05) is 17.7 Å². The van der Waals surface area contributed by atoms with E-state index in [9.17, 15) is 0 Å². The summed E-state index contributed by atoms with van der Waals surface area (Å²) in [7, 11) is 0. The Balaban J connectivity index is 1.82. The van der Waals surface area contributed by atoms with Crippen LogP contribution < -0.4 is 15.8 Å². The standard InChI is InChI=1S/C16H20N4O/c1-3-21-15-8-10(2)18-16(20-15)19-14-7-4-11-9-12(17)5-6-13(11)14/h5-6,8-9,14H,3-4,7,17H2,1-2H3,(H,18,19,20). The summed E-state index contributed by atoms with van der Waals surface area (Å²) in [5.41, 5.74) is 10.1. The molecule has 0 aliphatic heterocycles. The number of hydrogen-bond acceptors (Lipinski definition) is 5. The average molecular weight is 284 g/mol. The molecule has 0 radical (unpaired) electrons. The topological polar surface area (TPSA) is 73.1 Å². The Morgan fingerprint density at radius 3 is 3.00 bits per heavy atom. The van der Waals surface area contributed by atoms with E-state index in [1.54, 1.807) is 0 Å². The fourth-order valence-corrected chi connectivity index (χ4v) is 2.77. The first-order valence-electron chi connectivity index (χ1n) is 7.29. The average Bonchev–Trinajstić information content (AvgIpc) is 2.81. The second-order valence-electron chi connectivity index (χ2n) is 5.30. The smallest absolute Gasteiger partial charge is 0.226 e. The zero-order valence-corrected chi connectivity index (χ0v) is 12.4. The third kappa shape index (κ3) is 2.91. The maximum absolute atomic E-state index is 5.84. The quantitative estimate of drug-likeness (QED) is 0.845. The molecule has 3 N–H and O–H groups in total. The number of ether oxygens (including phenoxy) is 1. The molecule has 0 saturated heterocycles. The van der Waals surface area contributed by atoms with Crippen LogP contribution in [0.4, 0.5) is 11.6 Å². The highest BCUT2D eigenvalue weighted by Gasteiger charge is 2.23. The van der Waals surface area contributed by atoms with Crippen molar-refractivity contribution in [2.24, 2.45) is 0 Å². The van der Waals surface area contributed by atoms with Crippen molar-refractivity contribution in [3.05, 3.63) is 41.1 Å². The zero-order valence-electron chi connectivity index (χ0n) is 12.4. The molecule has 110 valence electrons. The van der Waals surface area contributed by atoms with E-state index in [0.29, 0.717) is 18.4 Å². The molecule has 5 nitrogen and oxygen atoms in total. The molecule has 1 heterocycles. The summed E-state index contributed by atoms with van der Waals surface area (Å²) < 4.78 is 5.47. The summed E-state index contributed by atoms with van der Waals surface area (Å²) in [4.78, 5) is 8.85. The maximum atomic E-state index is 5.84. The van der Waals surface area contributed by atoms with Crippen LogP contribution in [0.15, 0.2) is 24.3 Å². The number of anilines is 2. The van der Waals surface area contributed by atoms with Crippen LogP contribution >= 0.6 is 0 Å². The molecule has 0 amide bonds. The minimum absolute atomic E-state index is 0.233. The first kappa shape index (κ1) is 13.7. The summed E-state index contributed by atoms with van der Waals surface area (Å²) in [5, 5.41) is 3.41. The largest absolute Gasteiger partial charge is 0.478 e. The molecular weight excluding hydrogens is 264 g/mol. The van der Waals surface area contributed by atoms with E-state index in [2.05, 4.69) is 27.4 Å². The van der Waals surface area contributed by atoms with Gasteiger partial charge in [0.15, 0.2) is 0 Å². The number of aryl methyl sites for hydroxylation is 2. The van der Waals surface area contributed by atoms with Gasteiger partial charge in [-0.1, -0.05) is 6.07 Å². The highest BCUT2D eigenvalue weighted by molar-refractivity contribution is 5.50. The molecule has 1 atom stereocenters. The number of aromatic nitrogens is 2. The molecular formula is C16H20N4O. The lowest BCUT2D eigenvalue weighted by Crippen LogP contribution is -2.11. The van der Waals surface area contributed by atoms with Crippen LogP contribution in [0, 0.1) is 6.92 Å². The fraction of sp³-hybridized carbons (Fsp3) is 0.375. The van der Waals surface area contributed by atoms with Gasteiger partial charge in [0.2, 0.25) is 11.8 Å².